The largest absolute Gasteiger partial charge is 0.435 e. The van der Waals surface area contributed by atoms with Crippen LogP contribution in [-0.2, 0) is 0 Å². The van der Waals surface area contributed by atoms with Crippen LogP contribution in [-0.4, -0.2) is 19.2 Å². The van der Waals surface area contributed by atoms with E-state index < -0.39 is 6.61 Å². The van der Waals surface area contributed by atoms with E-state index in [0.717, 1.165) is 12.0 Å². The van der Waals surface area contributed by atoms with Gasteiger partial charge in [-0.1, -0.05) is 19.1 Å². The zero-order chi connectivity index (χ0) is 13.5. The molecule has 0 fully saturated rings. The lowest BCUT2D eigenvalue weighted by molar-refractivity contribution is -0.0498. The maximum Gasteiger partial charge on any atom is 0.387 e. The highest BCUT2D eigenvalue weighted by Gasteiger charge is 2.12. The van der Waals surface area contributed by atoms with Gasteiger partial charge in [0, 0.05) is 18.6 Å². The Morgan fingerprint density at radius 1 is 1.28 bits per heavy atom. The number of nitrogens with two attached hydrogens (primary N) is 1. The zero-order valence-electron chi connectivity index (χ0n) is 10.7. The van der Waals surface area contributed by atoms with Crippen LogP contribution >= 0.6 is 0 Å². The lowest BCUT2D eigenvalue weighted by Gasteiger charge is -2.21. The predicted octanol–water partition coefficient (Wildman–Crippen LogP) is 2.68. The van der Waals surface area contributed by atoms with E-state index in [1.54, 1.807) is 12.1 Å². The molecule has 0 aliphatic rings. The fourth-order valence-corrected chi connectivity index (χ4v) is 1.64. The molecule has 3 nitrogen and oxygen atoms in total. The molecule has 0 heterocycles. The first-order chi connectivity index (χ1) is 8.56. The number of alkyl halides is 2. The summed E-state index contributed by atoms with van der Waals surface area (Å²) in [5.74, 6) is 0.160. The van der Waals surface area contributed by atoms with Crippen molar-refractivity contribution in [3.05, 3.63) is 29.8 Å². The summed E-state index contributed by atoms with van der Waals surface area (Å²) in [7, 11) is 0. The van der Waals surface area contributed by atoms with E-state index in [1.165, 1.54) is 12.1 Å². The van der Waals surface area contributed by atoms with Gasteiger partial charge in [0.1, 0.15) is 5.75 Å². The summed E-state index contributed by atoms with van der Waals surface area (Å²) in [6, 6.07) is 6.95. The van der Waals surface area contributed by atoms with Gasteiger partial charge in [0.05, 0.1) is 0 Å². The topological polar surface area (TPSA) is 47.3 Å². The second-order valence-electron chi connectivity index (χ2n) is 4.21. The summed E-state index contributed by atoms with van der Waals surface area (Å²) < 4.78 is 28.3. The molecule has 18 heavy (non-hydrogen) atoms. The fraction of sp³-hybridized carbons (Fsp3) is 0.538. The molecule has 3 N–H and O–H groups in total. The zero-order valence-corrected chi connectivity index (χ0v) is 10.7. The maximum absolute atomic E-state index is 12.0. The molecule has 1 rings (SSSR count). The highest BCUT2D eigenvalue weighted by atomic mass is 19.3. The van der Waals surface area contributed by atoms with Gasteiger partial charge in [-0.05, 0) is 31.0 Å². The van der Waals surface area contributed by atoms with Crippen molar-refractivity contribution in [2.24, 2.45) is 5.73 Å². The Balaban J connectivity index is 2.69. The molecule has 0 aliphatic heterocycles. The Labute approximate surface area is 106 Å². The number of ether oxygens (including phenoxy) is 1. The summed E-state index contributed by atoms with van der Waals surface area (Å²) in [6.45, 7) is 1.83. The average molecular weight is 258 g/mol. The minimum absolute atomic E-state index is 0.0283. The summed E-state index contributed by atoms with van der Waals surface area (Å²) in [5.41, 5.74) is 6.68. The standard InChI is InChI=1S/C13H20F2N2O/c1-3-9(2)17-12(8-16)10-4-6-11(7-5-10)18-13(14)15/h4-7,9,12-13,17H,3,8,16H2,1-2H3. The number of nitrogens with one attached hydrogen (secondary N) is 1. The van der Waals surface area contributed by atoms with E-state index >= 15 is 0 Å². The van der Waals surface area contributed by atoms with E-state index in [9.17, 15) is 8.78 Å². The maximum atomic E-state index is 12.0. The van der Waals surface area contributed by atoms with Gasteiger partial charge in [0.25, 0.3) is 0 Å². The molecule has 102 valence electrons. The van der Waals surface area contributed by atoms with Gasteiger partial charge in [0.15, 0.2) is 0 Å². The number of rotatable bonds is 7. The van der Waals surface area contributed by atoms with Gasteiger partial charge in [-0.15, -0.1) is 0 Å². The van der Waals surface area contributed by atoms with Gasteiger partial charge < -0.3 is 15.8 Å². The molecule has 0 radical (unpaired) electrons. The quantitative estimate of drug-likeness (QED) is 0.790. The number of halogens is 2. The molecular weight excluding hydrogens is 238 g/mol. The van der Waals surface area contributed by atoms with Crippen molar-refractivity contribution in [3.8, 4) is 5.75 Å². The monoisotopic (exact) mass is 258 g/mol. The van der Waals surface area contributed by atoms with Crippen LogP contribution in [0, 0.1) is 0 Å². The van der Waals surface area contributed by atoms with E-state index in [1.807, 2.05) is 0 Å². The molecule has 2 atom stereocenters. The van der Waals surface area contributed by atoms with Gasteiger partial charge in [-0.3, -0.25) is 0 Å². The summed E-state index contributed by atoms with van der Waals surface area (Å²) in [6.07, 6.45) is 1.00. The third kappa shape index (κ3) is 4.58. The first-order valence-corrected chi connectivity index (χ1v) is 6.07. The van der Waals surface area contributed by atoms with Gasteiger partial charge in [0.2, 0.25) is 0 Å². The Bertz CT molecular complexity index is 343. The Hall–Kier alpha value is -1.20. The molecule has 0 amide bonds. The molecule has 2 unspecified atom stereocenters. The molecule has 0 bridgehead atoms. The van der Waals surface area contributed by atoms with Crippen molar-refractivity contribution in [2.75, 3.05) is 6.54 Å². The van der Waals surface area contributed by atoms with Gasteiger partial charge in [-0.25, -0.2) is 0 Å². The first kappa shape index (κ1) is 14.9. The number of benzene rings is 1. The van der Waals surface area contributed by atoms with Gasteiger partial charge in [-0.2, -0.15) is 8.78 Å². The minimum atomic E-state index is -2.79. The van der Waals surface area contributed by atoms with Crippen molar-refractivity contribution < 1.29 is 13.5 Å². The van der Waals surface area contributed by atoms with Crippen LogP contribution in [0.2, 0.25) is 0 Å². The molecule has 5 heteroatoms. The molecule has 0 saturated heterocycles. The predicted molar refractivity (Wildman–Crippen MR) is 67.8 cm³/mol. The van der Waals surface area contributed by atoms with E-state index in [0.29, 0.717) is 12.6 Å². The van der Waals surface area contributed by atoms with E-state index in [4.69, 9.17) is 5.73 Å². The molecule has 0 saturated carbocycles. The lowest BCUT2D eigenvalue weighted by atomic mass is 10.1. The van der Waals surface area contributed by atoms with Crippen LogP contribution in [0.3, 0.4) is 0 Å². The normalized spacial score (nSPS) is 14.6. The van der Waals surface area contributed by atoms with Crippen LogP contribution in [0.5, 0.6) is 5.75 Å². The first-order valence-electron chi connectivity index (χ1n) is 6.07. The second kappa shape index (κ2) is 7.28. The van der Waals surface area contributed by atoms with Crippen LogP contribution in [0.15, 0.2) is 24.3 Å². The highest BCUT2D eigenvalue weighted by molar-refractivity contribution is 5.29. The molecule has 1 aromatic carbocycles. The SMILES string of the molecule is CCC(C)NC(CN)c1ccc(OC(F)F)cc1. The Morgan fingerprint density at radius 3 is 2.33 bits per heavy atom. The Kier molecular flexibility index (Phi) is 6.01. The van der Waals surface area contributed by atoms with E-state index in [-0.39, 0.29) is 11.8 Å². The van der Waals surface area contributed by atoms with Crippen LogP contribution < -0.4 is 15.8 Å². The highest BCUT2D eigenvalue weighted by Crippen LogP contribution is 2.19. The average Bonchev–Trinajstić information content (AvgIpc) is 2.36. The van der Waals surface area contributed by atoms with Crippen LogP contribution in [0.1, 0.15) is 31.9 Å². The van der Waals surface area contributed by atoms with Crippen molar-refractivity contribution in [3.63, 3.8) is 0 Å². The number of hydrogen-bond acceptors (Lipinski definition) is 3. The summed E-state index contributed by atoms with van der Waals surface area (Å²) >= 11 is 0. The van der Waals surface area contributed by atoms with Gasteiger partial charge >= 0.3 is 6.61 Å². The molecular formula is C13H20F2N2O. The molecule has 0 aliphatic carbocycles. The lowest BCUT2D eigenvalue weighted by Crippen LogP contribution is -2.34. The molecule has 1 aromatic rings. The molecule has 0 aromatic heterocycles. The minimum Gasteiger partial charge on any atom is -0.435 e. The summed E-state index contributed by atoms with van der Waals surface area (Å²) in [4.78, 5) is 0. The smallest absolute Gasteiger partial charge is 0.387 e. The van der Waals surface area contributed by atoms with Crippen LogP contribution in [0.25, 0.3) is 0 Å². The third-order valence-electron chi connectivity index (χ3n) is 2.84. The van der Waals surface area contributed by atoms with E-state index in [2.05, 4.69) is 23.9 Å². The summed E-state index contributed by atoms with van der Waals surface area (Å²) in [5, 5.41) is 3.38. The van der Waals surface area contributed by atoms with Crippen molar-refractivity contribution in [1.82, 2.24) is 5.32 Å². The molecule has 0 spiro atoms. The second-order valence-corrected chi connectivity index (χ2v) is 4.21. The third-order valence-corrected chi connectivity index (χ3v) is 2.84. The van der Waals surface area contributed by atoms with Crippen molar-refractivity contribution >= 4 is 0 Å². The van der Waals surface area contributed by atoms with Crippen molar-refractivity contribution in [2.45, 2.75) is 39.0 Å². The number of hydrogen-bond donors (Lipinski definition) is 2. The Morgan fingerprint density at radius 2 is 1.89 bits per heavy atom. The van der Waals surface area contributed by atoms with Crippen LogP contribution in [0.4, 0.5) is 8.78 Å². The fourth-order valence-electron chi connectivity index (χ4n) is 1.64. The van der Waals surface area contributed by atoms with Crippen molar-refractivity contribution in [1.29, 1.82) is 0 Å².